The van der Waals surface area contributed by atoms with Gasteiger partial charge in [-0.1, -0.05) is 0 Å². The molecule has 1 atom stereocenters. The van der Waals surface area contributed by atoms with Crippen LogP contribution in [0.5, 0.6) is 5.75 Å². The monoisotopic (exact) mass is 264 g/mol. The van der Waals surface area contributed by atoms with Gasteiger partial charge in [0.1, 0.15) is 17.5 Å². The van der Waals surface area contributed by atoms with Crippen molar-refractivity contribution < 1.29 is 14.3 Å². The Morgan fingerprint density at radius 3 is 2.89 bits per heavy atom. The largest absolute Gasteiger partial charge is 0.487 e. The summed E-state index contributed by atoms with van der Waals surface area (Å²) < 4.78 is 10.9. The number of carbonyl (C=O) groups excluding carboxylic acids is 1. The summed E-state index contributed by atoms with van der Waals surface area (Å²) in [7, 11) is 0. The molecule has 2 N–H and O–H groups in total. The topological polar surface area (TPSA) is 59.6 Å². The fourth-order valence-electron chi connectivity index (χ4n) is 1.78. The van der Waals surface area contributed by atoms with Gasteiger partial charge in [0, 0.05) is 5.69 Å². The quantitative estimate of drug-likeness (QED) is 0.817. The van der Waals surface area contributed by atoms with Crippen molar-refractivity contribution in [1.29, 1.82) is 0 Å². The maximum Gasteiger partial charge on any atom is 0.412 e. The lowest BCUT2D eigenvalue weighted by Gasteiger charge is -2.25. The molecule has 1 aromatic rings. The molecular weight excluding hydrogens is 244 g/mol. The zero-order chi connectivity index (χ0) is 14.0. The molecular formula is C14H20N2O3. The van der Waals surface area contributed by atoms with Crippen LogP contribution in [0.4, 0.5) is 16.2 Å². The Balaban J connectivity index is 2.04. The molecule has 0 saturated carbocycles. The Morgan fingerprint density at radius 2 is 2.21 bits per heavy atom. The van der Waals surface area contributed by atoms with E-state index < -0.39 is 11.7 Å². The van der Waals surface area contributed by atoms with E-state index in [1.54, 1.807) is 6.07 Å². The van der Waals surface area contributed by atoms with Gasteiger partial charge in [0.2, 0.25) is 0 Å². The van der Waals surface area contributed by atoms with E-state index in [9.17, 15) is 4.79 Å². The second kappa shape index (κ2) is 4.99. The van der Waals surface area contributed by atoms with Crippen LogP contribution in [0.1, 0.15) is 27.7 Å². The van der Waals surface area contributed by atoms with Crippen LogP contribution in [0, 0.1) is 0 Å². The van der Waals surface area contributed by atoms with Gasteiger partial charge in [0.15, 0.2) is 0 Å². The summed E-state index contributed by atoms with van der Waals surface area (Å²) in [4.78, 5) is 11.7. The summed E-state index contributed by atoms with van der Waals surface area (Å²) >= 11 is 0. The molecule has 1 aliphatic heterocycles. The van der Waals surface area contributed by atoms with Crippen molar-refractivity contribution in [2.75, 3.05) is 17.2 Å². The highest BCUT2D eigenvalue weighted by molar-refractivity contribution is 5.86. The summed E-state index contributed by atoms with van der Waals surface area (Å²) in [5.41, 5.74) is 1.06. The Morgan fingerprint density at radius 1 is 1.47 bits per heavy atom. The molecule has 19 heavy (non-hydrogen) atoms. The summed E-state index contributed by atoms with van der Waals surface area (Å²) in [6.07, 6.45) is -0.310. The third-order valence-electron chi connectivity index (χ3n) is 2.53. The van der Waals surface area contributed by atoms with E-state index in [1.807, 2.05) is 39.8 Å². The fraction of sp³-hybridized carbons (Fsp3) is 0.500. The molecule has 0 bridgehead atoms. The van der Waals surface area contributed by atoms with E-state index in [2.05, 4.69) is 10.6 Å². The van der Waals surface area contributed by atoms with Gasteiger partial charge in [-0.05, 0) is 45.9 Å². The van der Waals surface area contributed by atoms with Gasteiger partial charge < -0.3 is 14.8 Å². The van der Waals surface area contributed by atoms with Crippen LogP contribution >= 0.6 is 0 Å². The van der Waals surface area contributed by atoms with Crippen LogP contribution in [-0.2, 0) is 4.74 Å². The summed E-state index contributed by atoms with van der Waals surface area (Å²) in [6, 6.07) is 5.47. The number of rotatable bonds is 1. The number of hydrogen-bond donors (Lipinski definition) is 2. The van der Waals surface area contributed by atoms with Crippen LogP contribution in [0.25, 0.3) is 0 Å². The standard InChI is InChI=1S/C14H20N2O3/c1-9-8-15-11-7-10(5-6-12(11)18-9)16-13(17)19-14(2,3)4/h5-7,9,15H,8H2,1-4H3,(H,16,17). The first kappa shape index (κ1) is 13.5. The summed E-state index contributed by atoms with van der Waals surface area (Å²) in [5.74, 6) is 0.800. The number of ether oxygens (including phenoxy) is 2. The van der Waals surface area contributed by atoms with E-state index in [1.165, 1.54) is 0 Å². The van der Waals surface area contributed by atoms with Crippen LogP contribution in [0.3, 0.4) is 0 Å². The number of carbonyl (C=O) groups is 1. The maximum atomic E-state index is 11.7. The predicted molar refractivity (Wildman–Crippen MR) is 74.9 cm³/mol. The van der Waals surface area contributed by atoms with E-state index in [4.69, 9.17) is 9.47 Å². The Hall–Kier alpha value is -1.91. The number of hydrogen-bond acceptors (Lipinski definition) is 4. The van der Waals surface area contributed by atoms with E-state index in [-0.39, 0.29) is 6.10 Å². The van der Waals surface area contributed by atoms with Gasteiger partial charge in [-0.3, -0.25) is 5.32 Å². The molecule has 1 unspecified atom stereocenters. The minimum absolute atomic E-state index is 0.150. The van der Waals surface area contributed by atoms with Crippen molar-refractivity contribution in [2.45, 2.75) is 39.4 Å². The third-order valence-corrected chi connectivity index (χ3v) is 2.53. The molecule has 1 heterocycles. The molecule has 0 fully saturated rings. The van der Waals surface area contributed by atoms with Crippen LogP contribution in [0.2, 0.25) is 0 Å². The van der Waals surface area contributed by atoms with Crippen molar-refractivity contribution in [2.24, 2.45) is 0 Å². The lowest BCUT2D eigenvalue weighted by atomic mass is 10.2. The van der Waals surface area contributed by atoms with E-state index in [0.717, 1.165) is 18.0 Å². The average Bonchev–Trinajstić information content (AvgIpc) is 2.26. The molecule has 104 valence electrons. The number of benzene rings is 1. The second-order valence-electron chi connectivity index (χ2n) is 5.65. The van der Waals surface area contributed by atoms with E-state index >= 15 is 0 Å². The zero-order valence-corrected chi connectivity index (χ0v) is 11.7. The molecule has 5 heteroatoms. The van der Waals surface area contributed by atoms with Crippen molar-refractivity contribution in [3.8, 4) is 5.75 Å². The molecule has 1 aliphatic rings. The van der Waals surface area contributed by atoms with Gasteiger partial charge in [-0.2, -0.15) is 0 Å². The summed E-state index contributed by atoms with van der Waals surface area (Å²) in [6.45, 7) is 8.24. The SMILES string of the molecule is CC1CNc2cc(NC(=O)OC(C)(C)C)ccc2O1. The molecule has 1 aromatic carbocycles. The van der Waals surface area contributed by atoms with Crippen LogP contribution < -0.4 is 15.4 Å². The number of anilines is 2. The van der Waals surface area contributed by atoms with Gasteiger partial charge in [-0.15, -0.1) is 0 Å². The fourth-order valence-corrected chi connectivity index (χ4v) is 1.78. The lowest BCUT2D eigenvalue weighted by molar-refractivity contribution is 0.0636. The smallest absolute Gasteiger partial charge is 0.412 e. The van der Waals surface area contributed by atoms with Crippen molar-refractivity contribution in [1.82, 2.24) is 0 Å². The van der Waals surface area contributed by atoms with Gasteiger partial charge in [0.25, 0.3) is 0 Å². The van der Waals surface area contributed by atoms with E-state index in [0.29, 0.717) is 5.69 Å². The minimum atomic E-state index is -0.505. The highest BCUT2D eigenvalue weighted by Gasteiger charge is 2.18. The Bertz CT molecular complexity index is 480. The van der Waals surface area contributed by atoms with Gasteiger partial charge in [-0.25, -0.2) is 4.79 Å². The number of amides is 1. The lowest BCUT2D eigenvalue weighted by Crippen LogP contribution is -2.28. The molecule has 2 rings (SSSR count). The van der Waals surface area contributed by atoms with Crippen molar-refractivity contribution in [3.05, 3.63) is 18.2 Å². The minimum Gasteiger partial charge on any atom is -0.487 e. The molecule has 0 radical (unpaired) electrons. The molecule has 0 aromatic heterocycles. The molecule has 0 saturated heterocycles. The van der Waals surface area contributed by atoms with Gasteiger partial charge in [0.05, 0.1) is 12.2 Å². The molecule has 1 amide bonds. The van der Waals surface area contributed by atoms with Crippen molar-refractivity contribution >= 4 is 17.5 Å². The Labute approximate surface area is 113 Å². The highest BCUT2D eigenvalue weighted by atomic mass is 16.6. The summed E-state index contributed by atoms with van der Waals surface area (Å²) in [5, 5.41) is 5.96. The van der Waals surface area contributed by atoms with Gasteiger partial charge >= 0.3 is 6.09 Å². The predicted octanol–water partition coefficient (Wildman–Crippen LogP) is 3.23. The van der Waals surface area contributed by atoms with Crippen LogP contribution in [0.15, 0.2) is 18.2 Å². The van der Waals surface area contributed by atoms with Crippen LogP contribution in [-0.4, -0.2) is 24.3 Å². The molecule has 5 nitrogen and oxygen atoms in total. The highest BCUT2D eigenvalue weighted by Crippen LogP contribution is 2.31. The zero-order valence-electron chi connectivity index (χ0n) is 11.7. The maximum absolute atomic E-state index is 11.7. The number of nitrogens with one attached hydrogen (secondary N) is 2. The first-order chi connectivity index (χ1) is 8.83. The first-order valence-electron chi connectivity index (χ1n) is 6.38. The first-order valence-corrected chi connectivity index (χ1v) is 6.38. The normalized spacial score (nSPS) is 17.8. The third kappa shape index (κ3) is 3.77. The average molecular weight is 264 g/mol. The number of fused-ring (bicyclic) bond motifs is 1. The second-order valence-corrected chi connectivity index (χ2v) is 5.65. The van der Waals surface area contributed by atoms with Crippen molar-refractivity contribution in [3.63, 3.8) is 0 Å². The Kier molecular flexibility index (Phi) is 3.55. The molecule has 0 spiro atoms. The molecule has 0 aliphatic carbocycles.